The van der Waals surface area contributed by atoms with Gasteiger partial charge in [-0.25, -0.2) is 0 Å². The van der Waals surface area contributed by atoms with E-state index in [1.54, 1.807) is 0 Å². The predicted molar refractivity (Wildman–Crippen MR) is 59.1 cm³/mol. The molecule has 2 unspecified atom stereocenters. The number of hydrogen-bond donors (Lipinski definition) is 1. The van der Waals surface area contributed by atoms with Crippen molar-refractivity contribution in [3.05, 3.63) is 0 Å². The van der Waals surface area contributed by atoms with Gasteiger partial charge in [0.05, 0.1) is 0 Å². The van der Waals surface area contributed by atoms with Gasteiger partial charge in [-0.3, -0.25) is 4.79 Å². The summed E-state index contributed by atoms with van der Waals surface area (Å²) in [4.78, 5) is 12.8. The fourth-order valence-electron chi connectivity index (χ4n) is 2.45. The van der Waals surface area contributed by atoms with E-state index >= 15 is 0 Å². The minimum Gasteiger partial charge on any atom is -0.341 e. The van der Waals surface area contributed by atoms with E-state index in [-0.39, 0.29) is 18.4 Å². The molecule has 2 saturated heterocycles. The topological polar surface area (TPSA) is 32.3 Å². The number of fused-ring (bicyclic) bond motifs is 2. The summed E-state index contributed by atoms with van der Waals surface area (Å²) in [6.07, 6.45) is -2.92. The lowest BCUT2D eigenvalue weighted by Gasteiger charge is -2.24. The third-order valence-corrected chi connectivity index (χ3v) is 3.23. The van der Waals surface area contributed by atoms with E-state index in [1.807, 2.05) is 0 Å². The highest BCUT2D eigenvalue weighted by Gasteiger charge is 2.36. The maximum Gasteiger partial charge on any atom is 0.397 e. The van der Waals surface area contributed by atoms with Crippen LogP contribution in [0.3, 0.4) is 0 Å². The highest BCUT2D eigenvalue weighted by atomic mass is 35.5. The number of carbonyl (C=O) groups is 1. The van der Waals surface area contributed by atoms with E-state index in [4.69, 9.17) is 0 Å². The number of halogens is 4. The van der Waals surface area contributed by atoms with E-state index in [2.05, 4.69) is 5.32 Å². The average molecular weight is 273 g/mol. The van der Waals surface area contributed by atoms with Crippen molar-refractivity contribution < 1.29 is 18.0 Å². The molecule has 2 atom stereocenters. The Morgan fingerprint density at radius 1 is 1.24 bits per heavy atom. The molecule has 2 heterocycles. The second-order valence-corrected chi connectivity index (χ2v) is 4.56. The van der Waals surface area contributed by atoms with Crippen LogP contribution in [-0.4, -0.2) is 42.2 Å². The summed E-state index contributed by atoms with van der Waals surface area (Å²) in [6.45, 7) is 0.870. The molecule has 0 radical (unpaired) electrons. The Hall–Kier alpha value is -0.490. The van der Waals surface area contributed by atoms with Gasteiger partial charge in [0.2, 0.25) is 5.91 Å². The van der Waals surface area contributed by atoms with Gasteiger partial charge in [-0.2, -0.15) is 13.2 Å². The van der Waals surface area contributed by atoms with Crippen molar-refractivity contribution in [3.63, 3.8) is 0 Å². The summed E-state index contributed by atoms with van der Waals surface area (Å²) < 4.78 is 36.3. The van der Waals surface area contributed by atoms with Crippen LogP contribution in [0.5, 0.6) is 0 Å². The number of hydrogen-bond acceptors (Lipinski definition) is 2. The van der Waals surface area contributed by atoms with Crippen molar-refractivity contribution in [1.29, 1.82) is 0 Å². The van der Waals surface area contributed by atoms with Crippen molar-refractivity contribution in [1.82, 2.24) is 10.2 Å². The number of carbonyl (C=O) groups excluding carboxylic acids is 1. The summed E-state index contributed by atoms with van der Waals surface area (Å²) in [5, 5.41) is 3.33. The molecule has 2 bridgehead atoms. The lowest BCUT2D eigenvalue weighted by atomic mass is 10.1. The van der Waals surface area contributed by atoms with E-state index in [0.717, 1.165) is 19.3 Å². The maximum absolute atomic E-state index is 12.1. The summed E-state index contributed by atoms with van der Waals surface area (Å²) in [7, 11) is 0. The van der Waals surface area contributed by atoms with Gasteiger partial charge in [-0.05, 0) is 19.3 Å². The van der Waals surface area contributed by atoms with Crippen molar-refractivity contribution in [2.24, 2.45) is 0 Å². The highest BCUT2D eigenvalue weighted by molar-refractivity contribution is 5.85. The molecule has 100 valence electrons. The normalized spacial score (nSPS) is 28.5. The Kier molecular flexibility index (Phi) is 4.66. The summed E-state index contributed by atoms with van der Waals surface area (Å²) in [5.41, 5.74) is 0. The zero-order chi connectivity index (χ0) is 11.8. The van der Waals surface area contributed by atoms with Crippen molar-refractivity contribution in [2.75, 3.05) is 13.1 Å². The zero-order valence-electron chi connectivity index (χ0n) is 9.29. The number of nitrogens with zero attached hydrogens (tertiary/aromatic N) is 1. The first-order valence-electron chi connectivity index (χ1n) is 5.54. The lowest BCUT2D eigenvalue weighted by Crippen LogP contribution is -2.40. The van der Waals surface area contributed by atoms with Gasteiger partial charge in [0.25, 0.3) is 0 Å². The van der Waals surface area contributed by atoms with Gasteiger partial charge in [-0.1, -0.05) is 0 Å². The third-order valence-electron chi connectivity index (χ3n) is 3.23. The molecule has 0 saturated carbocycles. The predicted octanol–water partition coefficient (Wildman–Crippen LogP) is 1.71. The second kappa shape index (κ2) is 5.44. The minimum absolute atomic E-state index is 0. The monoisotopic (exact) mass is 272 g/mol. The van der Waals surface area contributed by atoms with E-state index in [1.165, 1.54) is 4.90 Å². The van der Waals surface area contributed by atoms with Gasteiger partial charge in [0.15, 0.2) is 0 Å². The van der Waals surface area contributed by atoms with Gasteiger partial charge in [0, 0.05) is 25.2 Å². The third kappa shape index (κ3) is 4.03. The van der Waals surface area contributed by atoms with Crippen LogP contribution in [0.25, 0.3) is 0 Å². The van der Waals surface area contributed by atoms with Gasteiger partial charge in [0.1, 0.15) is 6.42 Å². The fourth-order valence-corrected chi connectivity index (χ4v) is 2.45. The molecule has 3 nitrogen and oxygen atoms in total. The van der Waals surface area contributed by atoms with Crippen molar-refractivity contribution >= 4 is 18.3 Å². The number of alkyl halides is 3. The molecule has 0 aliphatic carbocycles. The molecule has 2 fully saturated rings. The Morgan fingerprint density at radius 2 is 1.88 bits per heavy atom. The summed E-state index contributed by atoms with van der Waals surface area (Å²) in [6, 6.07) is 0.568. The minimum atomic E-state index is -4.39. The average Bonchev–Trinajstić information content (AvgIpc) is 2.42. The Labute approximate surface area is 104 Å². The zero-order valence-corrected chi connectivity index (χ0v) is 10.1. The molecular formula is C10H16ClF3N2O. The quantitative estimate of drug-likeness (QED) is 0.788. The standard InChI is InChI=1S/C10H15F3N2O.ClH/c11-10(12,13)5-9(16)15-4-3-7-1-2-8(6-15)14-7;/h7-8,14H,1-6H2;1H. The Balaban J connectivity index is 0.00000144. The number of amides is 1. The van der Waals surface area contributed by atoms with E-state index in [9.17, 15) is 18.0 Å². The summed E-state index contributed by atoms with van der Waals surface area (Å²) in [5.74, 6) is -0.790. The lowest BCUT2D eigenvalue weighted by molar-refractivity contribution is -0.161. The molecule has 0 aromatic rings. The first kappa shape index (κ1) is 14.6. The highest BCUT2D eigenvalue weighted by Crippen LogP contribution is 2.24. The fraction of sp³-hybridized carbons (Fsp3) is 0.900. The number of likely N-dealkylation sites (tertiary alicyclic amines) is 1. The Bertz CT molecular complexity index is 285. The van der Waals surface area contributed by atoms with Crippen LogP contribution in [0.1, 0.15) is 25.7 Å². The molecule has 2 rings (SSSR count). The van der Waals surface area contributed by atoms with Crippen LogP contribution in [0.2, 0.25) is 0 Å². The molecule has 2 aliphatic rings. The number of rotatable bonds is 1. The maximum atomic E-state index is 12.1. The largest absolute Gasteiger partial charge is 0.397 e. The molecule has 2 aliphatic heterocycles. The molecule has 0 spiro atoms. The van der Waals surface area contributed by atoms with Crippen LogP contribution >= 0.6 is 12.4 Å². The number of nitrogens with one attached hydrogen (secondary N) is 1. The molecule has 7 heteroatoms. The van der Waals surface area contributed by atoms with Gasteiger partial charge >= 0.3 is 6.18 Å². The molecule has 17 heavy (non-hydrogen) atoms. The van der Waals surface area contributed by atoms with Crippen molar-refractivity contribution in [2.45, 2.75) is 43.9 Å². The smallest absolute Gasteiger partial charge is 0.341 e. The van der Waals surface area contributed by atoms with Crippen LogP contribution in [0, 0.1) is 0 Å². The molecule has 0 aromatic heterocycles. The van der Waals surface area contributed by atoms with Crippen LogP contribution in [-0.2, 0) is 4.79 Å². The van der Waals surface area contributed by atoms with Crippen molar-refractivity contribution in [3.8, 4) is 0 Å². The van der Waals surface area contributed by atoms with Gasteiger partial charge < -0.3 is 10.2 Å². The van der Waals surface area contributed by atoms with Crippen LogP contribution in [0.15, 0.2) is 0 Å². The second-order valence-electron chi connectivity index (χ2n) is 4.56. The molecule has 1 N–H and O–H groups in total. The SMILES string of the molecule is Cl.O=C(CC(F)(F)F)N1CCC2CCC(C1)N2. The van der Waals surface area contributed by atoms with E-state index in [0.29, 0.717) is 19.1 Å². The molecule has 0 aromatic carbocycles. The Morgan fingerprint density at radius 3 is 2.53 bits per heavy atom. The molecular weight excluding hydrogens is 257 g/mol. The van der Waals surface area contributed by atoms with E-state index < -0.39 is 18.5 Å². The van der Waals surface area contributed by atoms with Crippen LogP contribution in [0.4, 0.5) is 13.2 Å². The first-order valence-corrected chi connectivity index (χ1v) is 5.54. The van der Waals surface area contributed by atoms with Gasteiger partial charge in [-0.15, -0.1) is 12.4 Å². The summed E-state index contributed by atoms with van der Waals surface area (Å²) >= 11 is 0. The van der Waals surface area contributed by atoms with Crippen LogP contribution < -0.4 is 5.32 Å². The molecule has 1 amide bonds. The first-order chi connectivity index (χ1) is 7.44.